The summed E-state index contributed by atoms with van der Waals surface area (Å²) in [6, 6.07) is 4.46. The minimum absolute atomic E-state index is 0.282. The monoisotopic (exact) mass is 256 g/mol. The second-order valence-electron chi connectivity index (χ2n) is 3.59. The summed E-state index contributed by atoms with van der Waals surface area (Å²) in [5.41, 5.74) is 5.69. The van der Waals surface area contributed by atoms with Crippen LogP contribution >= 0.6 is 11.6 Å². The first kappa shape index (κ1) is 13.5. The number of aliphatic carboxylic acids is 1. The highest BCUT2D eigenvalue weighted by Gasteiger charge is 2.25. The van der Waals surface area contributed by atoms with E-state index in [2.05, 4.69) is 5.32 Å². The summed E-state index contributed by atoms with van der Waals surface area (Å²) < 4.78 is 0. The number of hydrogen-bond donors (Lipinski definition) is 3. The molecule has 1 amide bonds. The van der Waals surface area contributed by atoms with Crippen LogP contribution < -0.4 is 11.1 Å². The third-order valence-electron chi connectivity index (χ3n) is 2.16. The molecular weight excluding hydrogens is 244 g/mol. The molecule has 6 heteroatoms. The van der Waals surface area contributed by atoms with E-state index >= 15 is 0 Å². The van der Waals surface area contributed by atoms with Gasteiger partial charge in [-0.3, -0.25) is 4.79 Å². The summed E-state index contributed by atoms with van der Waals surface area (Å²) in [5, 5.41) is 11.7. The van der Waals surface area contributed by atoms with E-state index in [-0.39, 0.29) is 5.02 Å². The standard InChI is InChI=1S/C11H13ClN2O3/c1-6(13)10(15)14-9(11(16)17)7-4-2-3-5-8(7)12/h2-6,9H,13H2,1H3,(H,14,15)(H,16,17)/t6?,9-/m1/s1. The molecule has 1 aromatic rings. The minimum Gasteiger partial charge on any atom is -0.479 e. The first-order chi connectivity index (χ1) is 7.93. The fraction of sp³-hybridized carbons (Fsp3) is 0.273. The Morgan fingerprint density at radius 1 is 1.41 bits per heavy atom. The molecule has 1 unspecified atom stereocenters. The summed E-state index contributed by atoms with van der Waals surface area (Å²) in [6.45, 7) is 1.47. The number of hydrogen-bond acceptors (Lipinski definition) is 3. The molecule has 0 aliphatic carbocycles. The average molecular weight is 257 g/mol. The molecule has 0 aliphatic heterocycles. The van der Waals surface area contributed by atoms with Gasteiger partial charge in [-0.25, -0.2) is 4.79 Å². The molecule has 1 aromatic carbocycles. The lowest BCUT2D eigenvalue weighted by molar-refractivity contribution is -0.142. The Morgan fingerprint density at radius 3 is 2.47 bits per heavy atom. The van der Waals surface area contributed by atoms with Crippen molar-refractivity contribution in [2.75, 3.05) is 0 Å². The predicted molar refractivity (Wildman–Crippen MR) is 63.6 cm³/mol. The van der Waals surface area contributed by atoms with Gasteiger partial charge in [-0.05, 0) is 13.0 Å². The van der Waals surface area contributed by atoms with Gasteiger partial charge in [0.2, 0.25) is 5.91 Å². The Kier molecular flexibility index (Phi) is 4.48. The molecule has 0 aliphatic rings. The van der Waals surface area contributed by atoms with E-state index in [1.807, 2.05) is 0 Å². The first-order valence-corrected chi connectivity index (χ1v) is 5.34. The Hall–Kier alpha value is -1.59. The van der Waals surface area contributed by atoms with Crippen LogP contribution in [-0.2, 0) is 9.59 Å². The van der Waals surface area contributed by atoms with E-state index in [1.54, 1.807) is 24.3 Å². The Bertz CT molecular complexity index is 434. The van der Waals surface area contributed by atoms with Gasteiger partial charge in [0.1, 0.15) is 0 Å². The van der Waals surface area contributed by atoms with Crippen LogP contribution in [0.5, 0.6) is 0 Å². The van der Waals surface area contributed by atoms with Crippen LogP contribution in [-0.4, -0.2) is 23.0 Å². The Morgan fingerprint density at radius 2 is 2.00 bits per heavy atom. The molecule has 1 rings (SSSR count). The zero-order valence-electron chi connectivity index (χ0n) is 9.18. The zero-order chi connectivity index (χ0) is 13.0. The van der Waals surface area contributed by atoms with E-state index in [0.717, 1.165) is 0 Å². The molecule has 0 bridgehead atoms. The number of carbonyl (C=O) groups excluding carboxylic acids is 1. The fourth-order valence-corrected chi connectivity index (χ4v) is 1.50. The van der Waals surface area contributed by atoms with Gasteiger partial charge in [-0.1, -0.05) is 29.8 Å². The lowest BCUT2D eigenvalue weighted by Gasteiger charge is -2.17. The maximum Gasteiger partial charge on any atom is 0.330 e. The van der Waals surface area contributed by atoms with Gasteiger partial charge in [0.25, 0.3) is 0 Å². The molecule has 92 valence electrons. The lowest BCUT2D eigenvalue weighted by Crippen LogP contribution is -2.42. The third-order valence-corrected chi connectivity index (χ3v) is 2.51. The molecule has 4 N–H and O–H groups in total. The minimum atomic E-state index is -1.19. The second-order valence-corrected chi connectivity index (χ2v) is 4.00. The molecule has 2 atom stereocenters. The summed E-state index contributed by atoms with van der Waals surface area (Å²) in [7, 11) is 0. The van der Waals surface area contributed by atoms with Crippen molar-refractivity contribution in [1.82, 2.24) is 5.32 Å². The fourth-order valence-electron chi connectivity index (χ4n) is 1.26. The van der Waals surface area contributed by atoms with Crippen molar-refractivity contribution in [2.24, 2.45) is 5.73 Å². The normalized spacial score (nSPS) is 13.8. The van der Waals surface area contributed by atoms with Crippen molar-refractivity contribution in [3.05, 3.63) is 34.9 Å². The number of rotatable bonds is 4. The summed E-state index contributed by atoms with van der Waals surface area (Å²) in [5.74, 6) is -1.73. The van der Waals surface area contributed by atoms with Crippen LogP contribution in [0.25, 0.3) is 0 Å². The highest BCUT2D eigenvalue weighted by atomic mass is 35.5. The molecule has 0 radical (unpaired) electrons. The highest BCUT2D eigenvalue weighted by Crippen LogP contribution is 2.22. The van der Waals surface area contributed by atoms with E-state index < -0.39 is 24.0 Å². The largest absolute Gasteiger partial charge is 0.479 e. The maximum absolute atomic E-state index is 11.4. The van der Waals surface area contributed by atoms with Gasteiger partial charge in [0, 0.05) is 10.6 Å². The summed E-state index contributed by atoms with van der Waals surface area (Å²) in [6.07, 6.45) is 0. The van der Waals surface area contributed by atoms with Crippen LogP contribution in [0.2, 0.25) is 5.02 Å². The Labute approximate surface area is 104 Å². The molecule has 0 fully saturated rings. The number of amides is 1. The Balaban J connectivity index is 2.99. The number of nitrogens with one attached hydrogen (secondary N) is 1. The topological polar surface area (TPSA) is 92.4 Å². The van der Waals surface area contributed by atoms with Crippen molar-refractivity contribution < 1.29 is 14.7 Å². The van der Waals surface area contributed by atoms with E-state index in [1.165, 1.54) is 6.92 Å². The molecule has 0 heterocycles. The second kappa shape index (κ2) is 5.65. The summed E-state index contributed by atoms with van der Waals surface area (Å²) >= 11 is 5.88. The van der Waals surface area contributed by atoms with Gasteiger partial charge >= 0.3 is 5.97 Å². The van der Waals surface area contributed by atoms with Gasteiger partial charge in [0.05, 0.1) is 6.04 Å². The molecule has 0 aromatic heterocycles. The zero-order valence-corrected chi connectivity index (χ0v) is 9.94. The van der Waals surface area contributed by atoms with Gasteiger partial charge in [-0.15, -0.1) is 0 Å². The lowest BCUT2D eigenvalue weighted by atomic mass is 10.1. The molecule has 0 spiro atoms. The quantitative estimate of drug-likeness (QED) is 0.747. The number of carboxylic acids is 1. The number of halogens is 1. The van der Waals surface area contributed by atoms with E-state index in [4.69, 9.17) is 22.4 Å². The van der Waals surface area contributed by atoms with Gasteiger partial charge in [0.15, 0.2) is 6.04 Å². The average Bonchev–Trinajstić information content (AvgIpc) is 2.26. The molecule has 0 saturated heterocycles. The van der Waals surface area contributed by atoms with E-state index in [9.17, 15) is 9.59 Å². The van der Waals surface area contributed by atoms with Crippen molar-refractivity contribution in [3.63, 3.8) is 0 Å². The van der Waals surface area contributed by atoms with Crippen LogP contribution in [0, 0.1) is 0 Å². The maximum atomic E-state index is 11.4. The van der Waals surface area contributed by atoms with Gasteiger partial charge in [-0.2, -0.15) is 0 Å². The van der Waals surface area contributed by atoms with Crippen molar-refractivity contribution in [1.29, 1.82) is 0 Å². The molecule has 17 heavy (non-hydrogen) atoms. The molecular formula is C11H13ClN2O3. The van der Waals surface area contributed by atoms with Crippen molar-refractivity contribution in [2.45, 2.75) is 19.0 Å². The smallest absolute Gasteiger partial charge is 0.330 e. The molecule has 0 saturated carbocycles. The highest BCUT2D eigenvalue weighted by molar-refractivity contribution is 6.31. The number of carbonyl (C=O) groups is 2. The first-order valence-electron chi connectivity index (χ1n) is 4.96. The van der Waals surface area contributed by atoms with E-state index in [0.29, 0.717) is 5.56 Å². The molecule has 5 nitrogen and oxygen atoms in total. The van der Waals surface area contributed by atoms with Crippen LogP contribution in [0.4, 0.5) is 0 Å². The SMILES string of the molecule is CC(N)C(=O)N[C@@H](C(=O)O)c1ccccc1Cl. The van der Waals surface area contributed by atoms with Crippen LogP contribution in [0.1, 0.15) is 18.5 Å². The number of nitrogens with two attached hydrogens (primary N) is 1. The van der Waals surface area contributed by atoms with Crippen LogP contribution in [0.15, 0.2) is 24.3 Å². The van der Waals surface area contributed by atoms with Crippen LogP contribution in [0.3, 0.4) is 0 Å². The third kappa shape index (κ3) is 3.44. The summed E-state index contributed by atoms with van der Waals surface area (Å²) in [4.78, 5) is 22.5. The predicted octanol–water partition coefficient (Wildman–Crippen LogP) is 0.929. The number of carboxylic acid groups (broad SMARTS) is 1. The van der Waals surface area contributed by atoms with Gasteiger partial charge < -0.3 is 16.2 Å². The number of benzene rings is 1. The van der Waals surface area contributed by atoms with Crippen molar-refractivity contribution in [3.8, 4) is 0 Å². The van der Waals surface area contributed by atoms with Crippen molar-refractivity contribution >= 4 is 23.5 Å².